The van der Waals surface area contributed by atoms with Crippen LogP contribution < -0.4 is 5.32 Å². The van der Waals surface area contributed by atoms with Crippen LogP contribution in [0.5, 0.6) is 0 Å². The first-order chi connectivity index (χ1) is 10.7. The smallest absolute Gasteiger partial charge is 0.384 e. The van der Waals surface area contributed by atoms with Gasteiger partial charge in [0.1, 0.15) is 6.07 Å². The van der Waals surface area contributed by atoms with Crippen LogP contribution in [0.2, 0.25) is 0 Å². The molecule has 1 N–H and O–H groups in total. The maximum absolute atomic E-state index is 12.6. The predicted molar refractivity (Wildman–Crippen MR) is 79.2 cm³/mol. The van der Waals surface area contributed by atoms with Gasteiger partial charge < -0.3 is 5.32 Å². The zero-order valence-electron chi connectivity index (χ0n) is 12.4. The van der Waals surface area contributed by atoms with Gasteiger partial charge >= 0.3 is 6.18 Å². The summed E-state index contributed by atoms with van der Waals surface area (Å²) in [7, 11) is -3.18. The molecule has 1 fully saturated rings. The van der Waals surface area contributed by atoms with E-state index < -0.39 is 21.8 Å². The van der Waals surface area contributed by atoms with Crippen molar-refractivity contribution in [1.29, 1.82) is 5.26 Å². The van der Waals surface area contributed by atoms with E-state index in [0.29, 0.717) is 25.3 Å². The highest BCUT2D eigenvalue weighted by atomic mass is 32.2. The molecular weight excluding hydrogens is 331 g/mol. The standard InChI is InChI=1S/C14H16F3N3O2S/c1-2-23(21,22)20-8-10(9-20)7-19-13-4-3-12(14(15,16)17)5-11(13)6-18/h3-5,10,19H,2,7-9H2,1H3. The Labute approximate surface area is 132 Å². The van der Waals surface area contributed by atoms with Crippen LogP contribution in [0.25, 0.3) is 0 Å². The summed E-state index contributed by atoms with van der Waals surface area (Å²) in [5, 5.41) is 11.9. The Balaban J connectivity index is 1.97. The van der Waals surface area contributed by atoms with Gasteiger partial charge in [-0.25, -0.2) is 12.7 Å². The Morgan fingerprint density at radius 2 is 2.04 bits per heavy atom. The van der Waals surface area contributed by atoms with Crippen molar-refractivity contribution < 1.29 is 21.6 Å². The van der Waals surface area contributed by atoms with E-state index >= 15 is 0 Å². The molecule has 126 valence electrons. The number of alkyl halides is 3. The van der Waals surface area contributed by atoms with Gasteiger partial charge in [0, 0.05) is 25.6 Å². The van der Waals surface area contributed by atoms with Crippen molar-refractivity contribution >= 4 is 15.7 Å². The lowest BCUT2D eigenvalue weighted by Crippen LogP contribution is -2.52. The maximum Gasteiger partial charge on any atom is 0.416 e. The van der Waals surface area contributed by atoms with E-state index in [2.05, 4.69) is 5.32 Å². The molecule has 0 saturated carbocycles. The van der Waals surface area contributed by atoms with Crippen molar-refractivity contribution in [2.24, 2.45) is 5.92 Å². The lowest BCUT2D eigenvalue weighted by Gasteiger charge is -2.38. The largest absolute Gasteiger partial charge is 0.416 e. The van der Waals surface area contributed by atoms with Crippen LogP contribution in [0.3, 0.4) is 0 Å². The summed E-state index contributed by atoms with van der Waals surface area (Å²) < 4.78 is 62.4. The van der Waals surface area contributed by atoms with Gasteiger partial charge in [-0.3, -0.25) is 0 Å². The molecule has 23 heavy (non-hydrogen) atoms. The van der Waals surface area contributed by atoms with Crippen molar-refractivity contribution in [3.05, 3.63) is 29.3 Å². The van der Waals surface area contributed by atoms with Crippen LogP contribution in [-0.2, 0) is 16.2 Å². The van der Waals surface area contributed by atoms with Gasteiger partial charge in [0.15, 0.2) is 0 Å². The Hall–Kier alpha value is -1.79. The molecule has 0 amide bonds. The van der Waals surface area contributed by atoms with Crippen molar-refractivity contribution in [2.45, 2.75) is 13.1 Å². The molecule has 0 radical (unpaired) electrons. The summed E-state index contributed by atoms with van der Waals surface area (Å²) in [6, 6.07) is 4.68. The molecule has 0 aliphatic carbocycles. The number of hydrogen-bond donors (Lipinski definition) is 1. The maximum atomic E-state index is 12.6. The first kappa shape index (κ1) is 17.6. The fourth-order valence-corrected chi connectivity index (χ4v) is 3.52. The number of nitrogens with one attached hydrogen (secondary N) is 1. The van der Waals surface area contributed by atoms with Gasteiger partial charge in [-0.05, 0) is 25.1 Å². The SMILES string of the molecule is CCS(=O)(=O)N1CC(CNc2ccc(C(F)(F)F)cc2C#N)C1. The lowest BCUT2D eigenvalue weighted by molar-refractivity contribution is -0.137. The van der Waals surface area contributed by atoms with E-state index in [9.17, 15) is 21.6 Å². The summed E-state index contributed by atoms with van der Waals surface area (Å²) in [6.45, 7) is 2.73. The molecule has 1 aliphatic heterocycles. The van der Waals surface area contributed by atoms with Gasteiger partial charge in [0.2, 0.25) is 10.0 Å². The molecule has 0 atom stereocenters. The third-order valence-corrected chi connectivity index (χ3v) is 5.54. The van der Waals surface area contributed by atoms with Crippen molar-refractivity contribution in [3.8, 4) is 6.07 Å². The van der Waals surface area contributed by atoms with Gasteiger partial charge in [-0.2, -0.15) is 18.4 Å². The molecule has 1 aromatic rings. The zero-order valence-corrected chi connectivity index (χ0v) is 13.2. The van der Waals surface area contributed by atoms with Crippen LogP contribution in [0.4, 0.5) is 18.9 Å². The van der Waals surface area contributed by atoms with E-state index in [1.54, 1.807) is 13.0 Å². The molecule has 0 aromatic heterocycles. The monoisotopic (exact) mass is 347 g/mol. The second kappa shape index (κ2) is 6.37. The lowest BCUT2D eigenvalue weighted by atomic mass is 10.0. The molecule has 1 saturated heterocycles. The van der Waals surface area contributed by atoms with Crippen LogP contribution in [0, 0.1) is 17.2 Å². The molecule has 2 rings (SSSR count). The van der Waals surface area contributed by atoms with E-state index in [1.165, 1.54) is 10.4 Å². The molecule has 1 aliphatic rings. The van der Waals surface area contributed by atoms with E-state index in [4.69, 9.17) is 5.26 Å². The third kappa shape index (κ3) is 3.95. The molecule has 9 heteroatoms. The summed E-state index contributed by atoms with van der Waals surface area (Å²) in [4.78, 5) is 0. The Morgan fingerprint density at radius 3 is 2.57 bits per heavy atom. The molecular formula is C14H16F3N3O2S. The quantitative estimate of drug-likeness (QED) is 0.887. The summed E-state index contributed by atoms with van der Waals surface area (Å²) in [5.41, 5.74) is -0.641. The first-order valence-corrected chi connectivity index (χ1v) is 8.61. The number of hydrogen-bond acceptors (Lipinski definition) is 4. The highest BCUT2D eigenvalue weighted by Crippen LogP contribution is 2.32. The number of sulfonamides is 1. The number of benzene rings is 1. The van der Waals surface area contributed by atoms with E-state index in [0.717, 1.165) is 12.1 Å². The summed E-state index contributed by atoms with van der Waals surface area (Å²) in [6.07, 6.45) is -4.49. The van der Waals surface area contributed by atoms with Crippen molar-refractivity contribution in [3.63, 3.8) is 0 Å². The minimum Gasteiger partial charge on any atom is -0.384 e. The highest BCUT2D eigenvalue weighted by Gasteiger charge is 2.34. The number of nitrogens with zero attached hydrogens (tertiary/aromatic N) is 2. The second-order valence-corrected chi connectivity index (χ2v) is 7.59. The number of halogens is 3. The summed E-state index contributed by atoms with van der Waals surface area (Å²) in [5.74, 6) is 0.120. The van der Waals surface area contributed by atoms with Gasteiger partial charge in [0.05, 0.1) is 22.6 Å². The number of nitriles is 1. The molecule has 1 heterocycles. The zero-order chi connectivity index (χ0) is 17.3. The van der Waals surface area contributed by atoms with Crippen molar-refractivity contribution in [1.82, 2.24) is 4.31 Å². The van der Waals surface area contributed by atoms with Crippen molar-refractivity contribution in [2.75, 3.05) is 30.7 Å². The van der Waals surface area contributed by atoms with Gasteiger partial charge in [0.25, 0.3) is 0 Å². The van der Waals surface area contributed by atoms with Crippen LogP contribution >= 0.6 is 0 Å². The van der Waals surface area contributed by atoms with Crippen LogP contribution in [0.15, 0.2) is 18.2 Å². The topological polar surface area (TPSA) is 73.2 Å². The van der Waals surface area contributed by atoms with Gasteiger partial charge in [-0.1, -0.05) is 0 Å². The van der Waals surface area contributed by atoms with E-state index in [-0.39, 0.29) is 17.2 Å². The minimum absolute atomic E-state index is 0.0463. The number of anilines is 1. The molecule has 0 unspecified atom stereocenters. The minimum atomic E-state index is -4.49. The van der Waals surface area contributed by atoms with Gasteiger partial charge in [-0.15, -0.1) is 0 Å². The second-order valence-electron chi connectivity index (χ2n) is 5.33. The Bertz CT molecular complexity index is 720. The Kier molecular flexibility index (Phi) is 4.87. The molecule has 0 bridgehead atoms. The average Bonchev–Trinajstić information content (AvgIpc) is 2.44. The van der Waals surface area contributed by atoms with E-state index in [1.807, 2.05) is 0 Å². The van der Waals surface area contributed by atoms with Crippen LogP contribution in [0.1, 0.15) is 18.1 Å². The number of rotatable bonds is 5. The fourth-order valence-electron chi connectivity index (χ4n) is 2.28. The fraction of sp³-hybridized carbons (Fsp3) is 0.500. The third-order valence-electron chi connectivity index (χ3n) is 3.73. The average molecular weight is 347 g/mol. The van der Waals surface area contributed by atoms with Crippen LogP contribution in [-0.4, -0.2) is 38.1 Å². The Morgan fingerprint density at radius 1 is 1.39 bits per heavy atom. The normalized spacial score (nSPS) is 16.7. The first-order valence-electron chi connectivity index (χ1n) is 7.00. The molecule has 1 aromatic carbocycles. The molecule has 0 spiro atoms. The molecule has 5 nitrogen and oxygen atoms in total. The highest BCUT2D eigenvalue weighted by molar-refractivity contribution is 7.89. The predicted octanol–water partition coefficient (Wildman–Crippen LogP) is 2.27. The summed E-state index contributed by atoms with van der Waals surface area (Å²) >= 11 is 0.